The van der Waals surface area contributed by atoms with Gasteiger partial charge in [-0.25, -0.2) is 4.57 Å². The van der Waals surface area contributed by atoms with E-state index in [0.717, 1.165) is 11.2 Å². The molecule has 0 N–H and O–H groups in total. The highest BCUT2D eigenvalue weighted by molar-refractivity contribution is 6.10. The molecule has 0 atom stereocenters. The van der Waals surface area contributed by atoms with Crippen molar-refractivity contribution in [2.45, 2.75) is 6.92 Å². The Kier molecular flexibility index (Phi) is 2.58. The van der Waals surface area contributed by atoms with Crippen LogP contribution in [-0.4, -0.2) is 0 Å². The molecule has 0 fully saturated rings. The van der Waals surface area contributed by atoms with Gasteiger partial charge in [0.25, 0.3) is 0 Å². The van der Waals surface area contributed by atoms with Gasteiger partial charge in [-0.05, 0) is 24.6 Å². The van der Waals surface area contributed by atoms with E-state index in [1.165, 1.54) is 27.6 Å². The number of para-hydroxylation sites is 1. The first-order chi connectivity index (χ1) is 10.3. The number of hydrogen-bond acceptors (Lipinski definition) is 1. The first kappa shape index (κ1) is 12.2. The van der Waals surface area contributed by atoms with Crippen LogP contribution in [0.15, 0.2) is 65.2 Å². The predicted octanol–water partition coefficient (Wildman–Crippen LogP) is 4.39. The molecule has 4 rings (SSSR count). The zero-order valence-electron chi connectivity index (χ0n) is 12.1. The van der Waals surface area contributed by atoms with E-state index in [1.807, 2.05) is 18.2 Å². The number of aromatic nitrogens is 1. The molecule has 2 heterocycles. The van der Waals surface area contributed by atoms with Gasteiger partial charge < -0.3 is 4.42 Å². The van der Waals surface area contributed by atoms with Gasteiger partial charge in [0.15, 0.2) is 6.20 Å². The fourth-order valence-electron chi connectivity index (χ4n) is 3.02. The van der Waals surface area contributed by atoms with Gasteiger partial charge in [-0.1, -0.05) is 36.4 Å². The van der Waals surface area contributed by atoms with Crippen molar-refractivity contribution in [3.05, 3.63) is 66.4 Å². The maximum atomic E-state index is 6.00. The average Bonchev–Trinajstić information content (AvgIpc) is 2.87. The average molecular weight is 274 g/mol. The van der Waals surface area contributed by atoms with Crippen LogP contribution < -0.4 is 4.57 Å². The molecule has 0 bridgehead atoms. The molecule has 0 amide bonds. The van der Waals surface area contributed by atoms with Crippen molar-refractivity contribution in [2.75, 3.05) is 0 Å². The molecule has 0 saturated carbocycles. The quantitative estimate of drug-likeness (QED) is 0.471. The number of hydrogen-bond donors (Lipinski definition) is 0. The van der Waals surface area contributed by atoms with Crippen molar-refractivity contribution in [2.24, 2.45) is 7.05 Å². The second-order valence-electron chi connectivity index (χ2n) is 5.43. The van der Waals surface area contributed by atoms with E-state index in [-0.39, 0.29) is 0 Å². The van der Waals surface area contributed by atoms with Crippen LogP contribution in [0, 0.1) is 6.92 Å². The highest BCUT2D eigenvalue weighted by Gasteiger charge is 2.21. The number of furan rings is 1. The fraction of sp³-hybridized carbons (Fsp3) is 0.105. The topological polar surface area (TPSA) is 17.0 Å². The minimum absolute atomic E-state index is 0.938. The van der Waals surface area contributed by atoms with Crippen LogP contribution in [0.4, 0.5) is 0 Å². The SMILES string of the molecule is Cc1ccccc1-c1c2c(cc[n+]1C)oc1ccccc12. The number of rotatable bonds is 1. The van der Waals surface area contributed by atoms with Crippen LogP contribution in [0.2, 0.25) is 0 Å². The van der Waals surface area contributed by atoms with E-state index in [1.54, 1.807) is 0 Å². The Labute approximate surface area is 123 Å². The van der Waals surface area contributed by atoms with E-state index in [4.69, 9.17) is 4.42 Å². The first-order valence-corrected chi connectivity index (χ1v) is 7.11. The third kappa shape index (κ3) is 1.76. The van der Waals surface area contributed by atoms with Crippen molar-refractivity contribution in [1.29, 1.82) is 0 Å². The second-order valence-corrected chi connectivity index (χ2v) is 5.43. The van der Waals surface area contributed by atoms with E-state index in [0.29, 0.717) is 0 Å². The lowest BCUT2D eigenvalue weighted by molar-refractivity contribution is -0.659. The van der Waals surface area contributed by atoms with Gasteiger partial charge in [0, 0.05) is 17.0 Å². The molecule has 0 aliphatic heterocycles. The molecule has 0 unspecified atom stereocenters. The number of benzene rings is 2. The van der Waals surface area contributed by atoms with Gasteiger partial charge >= 0.3 is 0 Å². The van der Waals surface area contributed by atoms with Crippen molar-refractivity contribution in [1.82, 2.24) is 0 Å². The molecule has 0 aliphatic rings. The van der Waals surface area contributed by atoms with Crippen LogP contribution in [0.1, 0.15) is 5.56 Å². The maximum Gasteiger partial charge on any atom is 0.224 e. The van der Waals surface area contributed by atoms with Gasteiger partial charge in [0.1, 0.15) is 23.6 Å². The molecular formula is C19H16NO+. The van der Waals surface area contributed by atoms with Gasteiger partial charge in [-0.2, -0.15) is 0 Å². The summed E-state index contributed by atoms with van der Waals surface area (Å²) >= 11 is 0. The van der Waals surface area contributed by atoms with Crippen LogP contribution in [0.25, 0.3) is 33.2 Å². The highest BCUT2D eigenvalue weighted by atomic mass is 16.3. The van der Waals surface area contributed by atoms with Gasteiger partial charge in [0.05, 0.1) is 0 Å². The molecule has 2 aromatic heterocycles. The molecule has 2 heteroatoms. The van der Waals surface area contributed by atoms with Gasteiger partial charge in [-0.3, -0.25) is 0 Å². The minimum Gasteiger partial charge on any atom is -0.456 e. The van der Waals surface area contributed by atoms with Crippen molar-refractivity contribution < 1.29 is 8.98 Å². The van der Waals surface area contributed by atoms with E-state index in [2.05, 4.69) is 61.1 Å². The molecule has 0 radical (unpaired) electrons. The Hall–Kier alpha value is -2.61. The van der Waals surface area contributed by atoms with Crippen LogP contribution in [0.3, 0.4) is 0 Å². The Morgan fingerprint density at radius 3 is 2.48 bits per heavy atom. The molecule has 0 aliphatic carbocycles. The van der Waals surface area contributed by atoms with Crippen LogP contribution >= 0.6 is 0 Å². The largest absolute Gasteiger partial charge is 0.456 e. The number of fused-ring (bicyclic) bond motifs is 3. The second kappa shape index (κ2) is 4.45. The van der Waals surface area contributed by atoms with E-state index < -0.39 is 0 Å². The van der Waals surface area contributed by atoms with Crippen LogP contribution in [0.5, 0.6) is 0 Å². The summed E-state index contributed by atoms with van der Waals surface area (Å²) in [6, 6.07) is 18.7. The summed E-state index contributed by atoms with van der Waals surface area (Å²) in [5.41, 5.74) is 5.60. The molecule has 0 spiro atoms. The summed E-state index contributed by atoms with van der Waals surface area (Å²) in [6.45, 7) is 2.15. The Morgan fingerprint density at radius 1 is 0.857 bits per heavy atom. The zero-order chi connectivity index (χ0) is 14.4. The third-order valence-corrected chi connectivity index (χ3v) is 4.06. The predicted molar refractivity (Wildman–Crippen MR) is 85.1 cm³/mol. The molecule has 21 heavy (non-hydrogen) atoms. The summed E-state index contributed by atoms with van der Waals surface area (Å²) in [5, 5.41) is 2.35. The molecule has 4 aromatic rings. The highest BCUT2D eigenvalue weighted by Crippen LogP contribution is 2.35. The van der Waals surface area contributed by atoms with Gasteiger partial charge in [-0.15, -0.1) is 0 Å². The minimum atomic E-state index is 0.938. The smallest absolute Gasteiger partial charge is 0.224 e. The normalized spacial score (nSPS) is 11.3. The monoisotopic (exact) mass is 274 g/mol. The summed E-state index contributed by atoms with van der Waals surface area (Å²) in [6.07, 6.45) is 2.06. The Morgan fingerprint density at radius 2 is 1.62 bits per heavy atom. The molecular weight excluding hydrogens is 258 g/mol. The zero-order valence-corrected chi connectivity index (χ0v) is 12.1. The van der Waals surface area contributed by atoms with Crippen molar-refractivity contribution in [3.63, 3.8) is 0 Å². The number of nitrogens with zero attached hydrogens (tertiary/aromatic N) is 1. The molecule has 2 aromatic carbocycles. The summed E-state index contributed by atoms with van der Waals surface area (Å²) in [5.74, 6) is 0. The fourth-order valence-corrected chi connectivity index (χ4v) is 3.02. The standard InChI is InChI=1S/C19H16NO/c1-13-7-3-4-8-14(13)19-18-15-9-5-6-10-16(15)21-17(18)11-12-20(19)2/h3-12H,1-2H3/q+1. The number of pyridine rings is 1. The van der Waals surface area contributed by atoms with Crippen molar-refractivity contribution in [3.8, 4) is 11.3 Å². The van der Waals surface area contributed by atoms with Gasteiger partial charge in [0.2, 0.25) is 5.69 Å². The van der Waals surface area contributed by atoms with E-state index in [9.17, 15) is 0 Å². The summed E-state index contributed by atoms with van der Waals surface area (Å²) < 4.78 is 8.17. The third-order valence-electron chi connectivity index (χ3n) is 4.06. The number of aryl methyl sites for hydroxylation is 2. The lowest BCUT2D eigenvalue weighted by Crippen LogP contribution is -2.30. The Balaban J connectivity index is 2.22. The first-order valence-electron chi connectivity index (χ1n) is 7.11. The molecule has 2 nitrogen and oxygen atoms in total. The van der Waals surface area contributed by atoms with Crippen molar-refractivity contribution >= 4 is 21.9 Å². The molecule has 0 saturated heterocycles. The van der Waals surface area contributed by atoms with E-state index >= 15 is 0 Å². The van der Waals surface area contributed by atoms with Crippen LogP contribution in [-0.2, 0) is 7.05 Å². The lowest BCUT2D eigenvalue weighted by atomic mass is 10.0. The summed E-state index contributed by atoms with van der Waals surface area (Å²) in [4.78, 5) is 0. The summed E-state index contributed by atoms with van der Waals surface area (Å²) in [7, 11) is 2.09. The maximum absolute atomic E-state index is 6.00. The molecule has 102 valence electrons. The Bertz CT molecular complexity index is 966. The lowest BCUT2D eigenvalue weighted by Gasteiger charge is -2.05.